The zero-order chi connectivity index (χ0) is 23.8. The number of rotatable bonds is 10. The topological polar surface area (TPSA) is 65.0 Å². The van der Waals surface area contributed by atoms with Crippen molar-refractivity contribution < 1.29 is 24.1 Å². The van der Waals surface area contributed by atoms with E-state index in [1.54, 1.807) is 0 Å². The summed E-state index contributed by atoms with van der Waals surface area (Å²) in [5.41, 5.74) is 4.67. The average molecular weight is 449 g/mol. The molecule has 33 heavy (non-hydrogen) atoms. The van der Waals surface area contributed by atoms with Gasteiger partial charge in [-0.25, -0.2) is 4.79 Å². The third-order valence-electron chi connectivity index (χ3n) is 5.46. The zero-order valence-electron chi connectivity index (χ0n) is 19.7. The Labute approximate surface area is 195 Å². The van der Waals surface area contributed by atoms with Gasteiger partial charge >= 0.3 is 5.97 Å². The van der Waals surface area contributed by atoms with Gasteiger partial charge in [0, 0.05) is 13.5 Å². The van der Waals surface area contributed by atoms with Crippen molar-refractivity contribution in [2.24, 2.45) is 0 Å². The molecule has 0 unspecified atom stereocenters. The Bertz CT molecular complexity index is 1020. The first kappa shape index (κ1) is 24.3. The summed E-state index contributed by atoms with van der Waals surface area (Å²) in [4.78, 5) is 11.1. The number of carboxylic acids is 1. The van der Waals surface area contributed by atoms with Crippen molar-refractivity contribution in [3.05, 3.63) is 83.9 Å². The lowest BCUT2D eigenvalue weighted by molar-refractivity contribution is -0.148. The summed E-state index contributed by atoms with van der Waals surface area (Å²) in [5, 5.41) is 9.07. The van der Waals surface area contributed by atoms with Crippen LogP contribution in [-0.2, 0) is 21.4 Å². The summed E-state index contributed by atoms with van der Waals surface area (Å²) >= 11 is 0. The number of benzene rings is 3. The highest BCUT2D eigenvalue weighted by atomic mass is 16.5. The van der Waals surface area contributed by atoms with Gasteiger partial charge in [0.1, 0.15) is 24.7 Å². The van der Waals surface area contributed by atoms with E-state index in [0.29, 0.717) is 25.4 Å². The normalized spacial score (nSPS) is 12.2. The van der Waals surface area contributed by atoms with Crippen LogP contribution in [0.15, 0.2) is 72.8 Å². The van der Waals surface area contributed by atoms with Crippen molar-refractivity contribution in [2.75, 3.05) is 20.3 Å². The fourth-order valence-electron chi connectivity index (χ4n) is 3.43. The van der Waals surface area contributed by atoms with Crippen LogP contribution in [0.25, 0.3) is 11.1 Å². The van der Waals surface area contributed by atoms with Crippen LogP contribution in [0.3, 0.4) is 0 Å². The van der Waals surface area contributed by atoms with Gasteiger partial charge in [-0.1, -0.05) is 69.3 Å². The van der Waals surface area contributed by atoms with Gasteiger partial charge in [0.2, 0.25) is 0 Å². The number of hydrogen-bond acceptors (Lipinski definition) is 4. The molecule has 1 N–H and O–H groups in total. The standard InChI is InChI=1S/C28H32O5/c1-28(2,3)23-11-7-21(8-12-23)22-9-15-25(16-10-22)33-18-17-32-24-13-5-20(6-14-24)19-26(31-4)27(29)30/h5-16,26H,17-19H2,1-4H3,(H,29,30)/t26-/m0/s1. The number of methoxy groups -OCH3 is 1. The summed E-state index contributed by atoms with van der Waals surface area (Å²) in [7, 11) is 1.40. The summed E-state index contributed by atoms with van der Waals surface area (Å²) in [6, 6.07) is 24.1. The van der Waals surface area contributed by atoms with Crippen molar-refractivity contribution in [3.8, 4) is 22.6 Å². The monoisotopic (exact) mass is 448 g/mol. The van der Waals surface area contributed by atoms with Crippen LogP contribution in [-0.4, -0.2) is 37.5 Å². The molecule has 0 heterocycles. The van der Waals surface area contributed by atoms with Gasteiger partial charge in [-0.2, -0.15) is 0 Å². The van der Waals surface area contributed by atoms with E-state index in [1.165, 1.54) is 18.2 Å². The molecular weight excluding hydrogens is 416 g/mol. The van der Waals surface area contributed by atoms with Gasteiger partial charge in [0.05, 0.1) is 0 Å². The van der Waals surface area contributed by atoms with Crippen molar-refractivity contribution in [1.29, 1.82) is 0 Å². The smallest absolute Gasteiger partial charge is 0.333 e. The number of ether oxygens (including phenoxy) is 3. The SMILES string of the molecule is CO[C@@H](Cc1ccc(OCCOc2ccc(-c3ccc(C(C)(C)C)cc3)cc2)cc1)C(=O)O. The van der Waals surface area contributed by atoms with Crippen molar-refractivity contribution >= 4 is 5.97 Å². The number of carboxylic acid groups (broad SMARTS) is 1. The maximum atomic E-state index is 11.1. The molecule has 0 saturated carbocycles. The highest BCUT2D eigenvalue weighted by Crippen LogP contribution is 2.27. The molecule has 3 aromatic rings. The van der Waals surface area contributed by atoms with Crippen molar-refractivity contribution in [1.82, 2.24) is 0 Å². The van der Waals surface area contributed by atoms with E-state index >= 15 is 0 Å². The molecule has 0 amide bonds. The molecule has 5 nitrogen and oxygen atoms in total. The minimum absolute atomic E-state index is 0.147. The Hall–Kier alpha value is -3.31. The largest absolute Gasteiger partial charge is 0.490 e. The number of carbonyl (C=O) groups is 1. The molecule has 0 bridgehead atoms. The maximum absolute atomic E-state index is 11.1. The van der Waals surface area contributed by atoms with Crippen LogP contribution in [0.2, 0.25) is 0 Å². The maximum Gasteiger partial charge on any atom is 0.333 e. The molecule has 0 fully saturated rings. The van der Waals surface area contributed by atoms with E-state index in [0.717, 1.165) is 16.9 Å². The van der Waals surface area contributed by atoms with Crippen molar-refractivity contribution in [3.63, 3.8) is 0 Å². The summed E-state index contributed by atoms with van der Waals surface area (Å²) in [6.45, 7) is 7.47. The molecule has 0 aliphatic heterocycles. The van der Waals surface area contributed by atoms with Crippen LogP contribution in [0.1, 0.15) is 31.9 Å². The van der Waals surface area contributed by atoms with E-state index in [-0.39, 0.29) is 5.41 Å². The van der Waals surface area contributed by atoms with E-state index in [4.69, 9.17) is 19.3 Å². The second-order valence-corrected chi connectivity index (χ2v) is 8.96. The molecular formula is C28H32O5. The Morgan fingerprint density at radius 3 is 1.67 bits per heavy atom. The summed E-state index contributed by atoms with van der Waals surface area (Å²) in [5.74, 6) is 0.533. The molecule has 0 aliphatic carbocycles. The van der Waals surface area contributed by atoms with Gasteiger partial charge in [-0.3, -0.25) is 0 Å². The third-order valence-corrected chi connectivity index (χ3v) is 5.46. The number of hydrogen-bond donors (Lipinski definition) is 1. The zero-order valence-corrected chi connectivity index (χ0v) is 19.7. The van der Waals surface area contributed by atoms with Crippen LogP contribution < -0.4 is 9.47 Å². The highest BCUT2D eigenvalue weighted by molar-refractivity contribution is 5.72. The van der Waals surface area contributed by atoms with Gasteiger partial charge in [-0.05, 0) is 51.9 Å². The van der Waals surface area contributed by atoms with Gasteiger partial charge in [0.25, 0.3) is 0 Å². The highest BCUT2D eigenvalue weighted by Gasteiger charge is 2.16. The lowest BCUT2D eigenvalue weighted by Gasteiger charge is -2.19. The predicted octanol–water partition coefficient (Wildman–Crippen LogP) is 5.75. The Morgan fingerprint density at radius 2 is 1.24 bits per heavy atom. The first-order chi connectivity index (χ1) is 15.8. The molecule has 5 heteroatoms. The van der Waals surface area contributed by atoms with Crippen molar-refractivity contribution in [2.45, 2.75) is 38.7 Å². The van der Waals surface area contributed by atoms with E-state index < -0.39 is 12.1 Å². The van der Waals surface area contributed by atoms with Crippen LogP contribution in [0.5, 0.6) is 11.5 Å². The molecule has 0 saturated heterocycles. The van der Waals surface area contributed by atoms with Gasteiger partial charge in [0.15, 0.2) is 6.10 Å². The molecule has 3 aromatic carbocycles. The Balaban J connectivity index is 1.45. The van der Waals surface area contributed by atoms with Gasteiger partial charge in [-0.15, -0.1) is 0 Å². The lowest BCUT2D eigenvalue weighted by atomic mass is 9.86. The molecule has 3 rings (SSSR count). The second-order valence-electron chi connectivity index (χ2n) is 8.96. The molecule has 174 valence electrons. The molecule has 0 aromatic heterocycles. The van der Waals surface area contributed by atoms with Crippen LogP contribution in [0.4, 0.5) is 0 Å². The fraction of sp³-hybridized carbons (Fsp3) is 0.321. The lowest BCUT2D eigenvalue weighted by Crippen LogP contribution is -2.24. The third kappa shape index (κ3) is 7.09. The first-order valence-electron chi connectivity index (χ1n) is 11.1. The average Bonchev–Trinajstić information content (AvgIpc) is 2.81. The van der Waals surface area contributed by atoms with Crippen LogP contribution >= 0.6 is 0 Å². The first-order valence-corrected chi connectivity index (χ1v) is 11.1. The Kier molecular flexibility index (Phi) is 8.12. The minimum Gasteiger partial charge on any atom is -0.490 e. The molecule has 0 aliphatic rings. The van der Waals surface area contributed by atoms with Crippen LogP contribution in [0, 0.1) is 0 Å². The fourth-order valence-corrected chi connectivity index (χ4v) is 3.43. The Morgan fingerprint density at radius 1 is 0.788 bits per heavy atom. The summed E-state index contributed by atoms with van der Waals surface area (Å²) in [6.07, 6.45) is -0.536. The van der Waals surface area contributed by atoms with E-state index in [1.807, 2.05) is 36.4 Å². The minimum atomic E-state index is -0.971. The molecule has 0 radical (unpaired) electrons. The molecule has 1 atom stereocenters. The predicted molar refractivity (Wildman–Crippen MR) is 130 cm³/mol. The summed E-state index contributed by atoms with van der Waals surface area (Å²) < 4.78 is 16.5. The second kappa shape index (κ2) is 11.0. The molecule has 0 spiro atoms. The van der Waals surface area contributed by atoms with E-state index in [2.05, 4.69) is 57.2 Å². The van der Waals surface area contributed by atoms with E-state index in [9.17, 15) is 4.79 Å². The number of aliphatic carboxylic acids is 1. The quantitative estimate of drug-likeness (QED) is 0.400. The van der Waals surface area contributed by atoms with Gasteiger partial charge < -0.3 is 19.3 Å².